The highest BCUT2D eigenvalue weighted by molar-refractivity contribution is 5.98. The van der Waals surface area contributed by atoms with E-state index < -0.39 is 0 Å². The molecule has 4 unspecified atom stereocenters. The predicted molar refractivity (Wildman–Crippen MR) is 99.6 cm³/mol. The van der Waals surface area contributed by atoms with Crippen molar-refractivity contribution in [1.82, 2.24) is 4.90 Å². The minimum atomic E-state index is 0. The van der Waals surface area contributed by atoms with Crippen LogP contribution >= 0.6 is 12.4 Å². The molecule has 0 aromatic heterocycles. The van der Waals surface area contributed by atoms with E-state index in [-0.39, 0.29) is 42.0 Å². The fraction of sp³-hybridized carbons (Fsp3) is 0.600. The van der Waals surface area contributed by atoms with Gasteiger partial charge in [-0.3, -0.25) is 9.59 Å². The monoisotopic (exact) mass is 362 g/mol. The minimum absolute atomic E-state index is 0. The molecular formula is C20H27ClN2O2. The molecule has 4 rings (SSSR count). The van der Waals surface area contributed by atoms with Gasteiger partial charge >= 0.3 is 0 Å². The third-order valence-electron chi connectivity index (χ3n) is 6.50. The lowest BCUT2D eigenvalue weighted by Gasteiger charge is -2.36. The van der Waals surface area contributed by atoms with Gasteiger partial charge in [-0.2, -0.15) is 0 Å². The van der Waals surface area contributed by atoms with Crippen molar-refractivity contribution in [2.45, 2.75) is 38.1 Å². The van der Waals surface area contributed by atoms with Gasteiger partial charge in [0, 0.05) is 30.6 Å². The SMILES string of the molecule is Cl.NC1C2CCC(C2)C1C(=O)N1CCC(C(=O)c2ccccc2)CC1. The van der Waals surface area contributed by atoms with Crippen LogP contribution in [0.15, 0.2) is 30.3 Å². The Labute approximate surface area is 155 Å². The molecule has 136 valence electrons. The Balaban J connectivity index is 0.00000182. The lowest BCUT2D eigenvalue weighted by molar-refractivity contribution is -0.139. The maximum atomic E-state index is 12.9. The standard InChI is InChI=1S/C20H26N2O2.ClH/c21-18-16-7-6-15(12-16)17(18)20(24)22-10-8-14(9-11-22)19(23)13-4-2-1-3-5-13;/h1-5,14-18H,6-12,21H2;1H. The average molecular weight is 363 g/mol. The van der Waals surface area contributed by atoms with Crippen LogP contribution in [0.4, 0.5) is 0 Å². The van der Waals surface area contributed by atoms with Crippen molar-refractivity contribution in [1.29, 1.82) is 0 Å². The first-order valence-electron chi connectivity index (χ1n) is 9.29. The lowest BCUT2D eigenvalue weighted by atomic mass is 9.82. The number of ketones is 1. The number of nitrogens with zero attached hydrogens (tertiary/aromatic N) is 1. The molecule has 1 aliphatic heterocycles. The first kappa shape index (κ1) is 18.4. The van der Waals surface area contributed by atoms with Crippen LogP contribution in [-0.2, 0) is 4.79 Å². The Morgan fingerprint density at radius 1 is 0.960 bits per heavy atom. The van der Waals surface area contributed by atoms with Crippen LogP contribution in [0.25, 0.3) is 0 Å². The summed E-state index contributed by atoms with van der Waals surface area (Å²) in [5.41, 5.74) is 7.11. The van der Waals surface area contributed by atoms with Crippen molar-refractivity contribution in [3.8, 4) is 0 Å². The normalized spacial score (nSPS) is 31.6. The van der Waals surface area contributed by atoms with E-state index in [1.807, 2.05) is 35.2 Å². The number of benzene rings is 1. The van der Waals surface area contributed by atoms with Crippen molar-refractivity contribution in [2.75, 3.05) is 13.1 Å². The second-order valence-electron chi connectivity index (χ2n) is 7.77. The Bertz CT molecular complexity index is 626. The summed E-state index contributed by atoms with van der Waals surface area (Å²) in [6.07, 6.45) is 5.05. The Hall–Kier alpha value is -1.39. The number of Topliss-reactive ketones (excluding diaryl/α,β-unsaturated/α-hetero) is 1. The maximum Gasteiger partial charge on any atom is 0.227 e. The molecule has 4 atom stereocenters. The van der Waals surface area contributed by atoms with Crippen molar-refractivity contribution in [3.63, 3.8) is 0 Å². The average Bonchev–Trinajstić information content (AvgIpc) is 3.23. The number of hydrogen-bond donors (Lipinski definition) is 1. The van der Waals surface area contributed by atoms with E-state index in [9.17, 15) is 9.59 Å². The summed E-state index contributed by atoms with van der Waals surface area (Å²) >= 11 is 0. The highest BCUT2D eigenvalue weighted by atomic mass is 35.5. The quantitative estimate of drug-likeness (QED) is 0.841. The largest absolute Gasteiger partial charge is 0.342 e. The van der Waals surface area contributed by atoms with Gasteiger partial charge in [0.15, 0.2) is 5.78 Å². The maximum absolute atomic E-state index is 12.9. The summed E-state index contributed by atoms with van der Waals surface area (Å²) in [6.45, 7) is 1.39. The highest BCUT2D eigenvalue weighted by Crippen LogP contribution is 2.48. The Morgan fingerprint density at radius 3 is 2.20 bits per heavy atom. The molecule has 1 aromatic rings. The molecule has 1 aromatic carbocycles. The summed E-state index contributed by atoms with van der Waals surface area (Å²) in [5.74, 6) is 1.61. The van der Waals surface area contributed by atoms with Crippen molar-refractivity contribution in [3.05, 3.63) is 35.9 Å². The van der Waals surface area contributed by atoms with Gasteiger partial charge in [-0.25, -0.2) is 0 Å². The summed E-state index contributed by atoms with van der Waals surface area (Å²) < 4.78 is 0. The van der Waals surface area contributed by atoms with Crippen molar-refractivity contribution >= 4 is 24.1 Å². The molecule has 0 spiro atoms. The Kier molecular flexibility index (Phi) is 5.49. The number of rotatable bonds is 3. The zero-order valence-electron chi connectivity index (χ0n) is 14.5. The van der Waals surface area contributed by atoms with E-state index >= 15 is 0 Å². The fourth-order valence-electron chi connectivity index (χ4n) is 5.11. The van der Waals surface area contributed by atoms with Crippen LogP contribution < -0.4 is 5.73 Å². The van der Waals surface area contributed by atoms with Crippen molar-refractivity contribution < 1.29 is 9.59 Å². The number of carbonyl (C=O) groups is 2. The van der Waals surface area contributed by atoms with Gasteiger partial charge in [0.1, 0.15) is 0 Å². The lowest BCUT2D eigenvalue weighted by Crippen LogP contribution is -2.49. The number of nitrogens with two attached hydrogens (primary N) is 1. The van der Waals surface area contributed by atoms with Gasteiger partial charge in [-0.1, -0.05) is 30.3 Å². The summed E-state index contributed by atoms with van der Waals surface area (Å²) in [6, 6.07) is 9.56. The second kappa shape index (κ2) is 7.46. The van der Waals surface area contributed by atoms with Crippen LogP contribution in [0.1, 0.15) is 42.5 Å². The number of likely N-dealkylation sites (tertiary alicyclic amines) is 1. The topological polar surface area (TPSA) is 63.4 Å². The van der Waals surface area contributed by atoms with E-state index in [4.69, 9.17) is 5.73 Å². The second-order valence-corrected chi connectivity index (χ2v) is 7.77. The van der Waals surface area contributed by atoms with Gasteiger partial charge in [-0.15, -0.1) is 12.4 Å². The fourth-order valence-corrected chi connectivity index (χ4v) is 5.11. The molecule has 25 heavy (non-hydrogen) atoms. The van der Waals surface area contributed by atoms with Crippen LogP contribution in [0.3, 0.4) is 0 Å². The molecule has 0 radical (unpaired) electrons. The van der Waals surface area contributed by atoms with Gasteiger partial charge in [0.05, 0.1) is 5.92 Å². The van der Waals surface area contributed by atoms with Crippen LogP contribution in [-0.4, -0.2) is 35.7 Å². The van der Waals surface area contributed by atoms with E-state index in [0.717, 1.165) is 31.2 Å². The summed E-state index contributed by atoms with van der Waals surface area (Å²) in [5, 5.41) is 0. The van der Waals surface area contributed by atoms with E-state index in [1.54, 1.807) is 0 Å². The zero-order chi connectivity index (χ0) is 16.7. The molecule has 3 fully saturated rings. The van der Waals surface area contributed by atoms with Gasteiger partial charge in [0.25, 0.3) is 0 Å². The van der Waals surface area contributed by atoms with Crippen LogP contribution in [0.2, 0.25) is 0 Å². The number of piperidine rings is 1. The van der Waals surface area contributed by atoms with Gasteiger partial charge < -0.3 is 10.6 Å². The van der Waals surface area contributed by atoms with E-state index in [2.05, 4.69) is 0 Å². The third-order valence-corrected chi connectivity index (χ3v) is 6.50. The molecule has 5 heteroatoms. The minimum Gasteiger partial charge on any atom is -0.342 e. The molecule has 3 aliphatic rings. The summed E-state index contributed by atoms with van der Waals surface area (Å²) in [4.78, 5) is 27.4. The molecule has 1 heterocycles. The first-order chi connectivity index (χ1) is 11.6. The highest BCUT2D eigenvalue weighted by Gasteiger charge is 2.50. The zero-order valence-corrected chi connectivity index (χ0v) is 15.3. The number of fused-ring (bicyclic) bond motifs is 2. The first-order valence-corrected chi connectivity index (χ1v) is 9.29. The smallest absolute Gasteiger partial charge is 0.227 e. The molecule has 2 bridgehead atoms. The van der Waals surface area contributed by atoms with Crippen LogP contribution in [0.5, 0.6) is 0 Å². The van der Waals surface area contributed by atoms with E-state index in [1.165, 1.54) is 6.42 Å². The van der Waals surface area contributed by atoms with Crippen LogP contribution in [0, 0.1) is 23.7 Å². The third kappa shape index (κ3) is 3.34. The molecule has 2 aliphatic carbocycles. The molecule has 2 N–H and O–H groups in total. The summed E-state index contributed by atoms with van der Waals surface area (Å²) in [7, 11) is 0. The molecule has 1 saturated heterocycles. The van der Waals surface area contributed by atoms with Gasteiger partial charge in [0.2, 0.25) is 5.91 Å². The van der Waals surface area contributed by atoms with E-state index in [0.29, 0.717) is 24.9 Å². The number of carbonyl (C=O) groups excluding carboxylic acids is 2. The number of halogens is 1. The Morgan fingerprint density at radius 2 is 1.60 bits per heavy atom. The molecule has 2 saturated carbocycles. The molecular weight excluding hydrogens is 336 g/mol. The number of amides is 1. The molecule has 4 nitrogen and oxygen atoms in total. The molecule has 1 amide bonds. The number of hydrogen-bond acceptors (Lipinski definition) is 3. The predicted octanol–water partition coefficient (Wildman–Crippen LogP) is 2.90. The van der Waals surface area contributed by atoms with Crippen molar-refractivity contribution in [2.24, 2.45) is 29.4 Å². The van der Waals surface area contributed by atoms with Gasteiger partial charge in [-0.05, 0) is 43.9 Å².